The second-order valence-electron chi connectivity index (χ2n) is 7.00. The van der Waals surface area contributed by atoms with Gasteiger partial charge in [0.25, 0.3) is 0 Å². The van der Waals surface area contributed by atoms with Crippen LogP contribution in [0.2, 0.25) is 5.02 Å². The normalized spacial score (nSPS) is 15.1. The molecule has 1 aliphatic heterocycles. The summed E-state index contributed by atoms with van der Waals surface area (Å²) < 4.78 is 16.7. The van der Waals surface area contributed by atoms with Crippen LogP contribution in [0.4, 0.5) is 0 Å². The predicted octanol–water partition coefficient (Wildman–Crippen LogP) is 3.46. The van der Waals surface area contributed by atoms with Crippen molar-refractivity contribution in [1.82, 2.24) is 10.6 Å². The number of rotatable bonds is 5. The number of methoxy groups -OCH3 is 1. The van der Waals surface area contributed by atoms with E-state index in [9.17, 15) is 0 Å². The number of benzene rings is 1. The largest absolute Gasteiger partial charge is 0.486 e. The number of nitrogens with one attached hydrogen (secondary N) is 2. The summed E-state index contributed by atoms with van der Waals surface area (Å²) in [5.41, 5.74) is 1.04. The Balaban J connectivity index is 0.00000338. The summed E-state index contributed by atoms with van der Waals surface area (Å²) in [6.45, 7) is 8.75. The average molecular weight is 498 g/mol. The summed E-state index contributed by atoms with van der Waals surface area (Å²) in [5, 5.41) is 7.14. The standard InChI is InChI=1S/C18H28ClN3O3.HI/c1-18(2,3)15(23-5)11-22-17(20-4)21-10-12-8-13(19)16-14(9-12)24-6-7-25-16;/h8-9,15H,6-7,10-11H2,1-5H3,(H2,20,21,22);1H. The Bertz CT molecular complexity index is 620. The van der Waals surface area contributed by atoms with Crippen LogP contribution in [0.15, 0.2) is 17.1 Å². The summed E-state index contributed by atoms with van der Waals surface area (Å²) in [4.78, 5) is 4.25. The summed E-state index contributed by atoms with van der Waals surface area (Å²) in [6, 6.07) is 3.82. The minimum atomic E-state index is 0. The number of hydrogen-bond acceptors (Lipinski definition) is 4. The van der Waals surface area contributed by atoms with Crippen molar-refractivity contribution in [3.63, 3.8) is 0 Å². The maximum Gasteiger partial charge on any atom is 0.191 e. The smallest absolute Gasteiger partial charge is 0.191 e. The van der Waals surface area contributed by atoms with Gasteiger partial charge in [-0.1, -0.05) is 32.4 Å². The number of hydrogen-bond donors (Lipinski definition) is 2. The predicted molar refractivity (Wildman–Crippen MR) is 116 cm³/mol. The highest BCUT2D eigenvalue weighted by atomic mass is 127. The highest BCUT2D eigenvalue weighted by Gasteiger charge is 2.24. The minimum Gasteiger partial charge on any atom is -0.486 e. The Morgan fingerprint density at radius 3 is 2.58 bits per heavy atom. The fraction of sp³-hybridized carbons (Fsp3) is 0.611. The molecule has 1 unspecified atom stereocenters. The SMILES string of the molecule is CN=C(NCc1cc(Cl)c2c(c1)OCCO2)NCC(OC)C(C)(C)C.I. The van der Waals surface area contributed by atoms with E-state index in [4.69, 9.17) is 25.8 Å². The molecule has 0 amide bonds. The second kappa shape index (κ2) is 10.4. The second-order valence-corrected chi connectivity index (χ2v) is 7.41. The van der Waals surface area contributed by atoms with Gasteiger partial charge >= 0.3 is 0 Å². The fourth-order valence-electron chi connectivity index (χ4n) is 2.61. The highest BCUT2D eigenvalue weighted by Crippen LogP contribution is 2.38. The molecular formula is C18H29ClIN3O3. The molecule has 0 saturated heterocycles. The lowest BCUT2D eigenvalue weighted by molar-refractivity contribution is 0.0205. The summed E-state index contributed by atoms with van der Waals surface area (Å²) >= 11 is 6.27. The van der Waals surface area contributed by atoms with E-state index in [0.29, 0.717) is 48.8 Å². The van der Waals surface area contributed by atoms with Gasteiger partial charge in [-0.05, 0) is 23.1 Å². The van der Waals surface area contributed by atoms with Crippen LogP contribution >= 0.6 is 35.6 Å². The van der Waals surface area contributed by atoms with Gasteiger partial charge in [-0.2, -0.15) is 0 Å². The van der Waals surface area contributed by atoms with Crippen LogP contribution in [0, 0.1) is 5.41 Å². The van der Waals surface area contributed by atoms with Crippen molar-refractivity contribution < 1.29 is 14.2 Å². The van der Waals surface area contributed by atoms with Crippen LogP contribution in [0.25, 0.3) is 0 Å². The first-order valence-electron chi connectivity index (χ1n) is 8.40. The Kier molecular flexibility index (Phi) is 9.26. The molecule has 148 valence electrons. The van der Waals surface area contributed by atoms with Crippen molar-refractivity contribution in [3.8, 4) is 11.5 Å². The van der Waals surface area contributed by atoms with E-state index in [0.717, 1.165) is 5.56 Å². The molecule has 0 aromatic heterocycles. The molecule has 0 saturated carbocycles. The number of ether oxygens (including phenoxy) is 3. The maximum absolute atomic E-state index is 6.27. The fourth-order valence-corrected chi connectivity index (χ4v) is 2.89. The topological polar surface area (TPSA) is 64.1 Å². The monoisotopic (exact) mass is 497 g/mol. The molecule has 0 radical (unpaired) electrons. The Morgan fingerprint density at radius 2 is 1.96 bits per heavy atom. The van der Waals surface area contributed by atoms with Gasteiger partial charge in [-0.25, -0.2) is 0 Å². The first-order valence-corrected chi connectivity index (χ1v) is 8.78. The molecule has 26 heavy (non-hydrogen) atoms. The number of nitrogens with zero attached hydrogens (tertiary/aromatic N) is 1. The summed E-state index contributed by atoms with van der Waals surface area (Å²) in [5.74, 6) is 2.01. The third-order valence-corrected chi connectivity index (χ3v) is 4.33. The number of guanidine groups is 1. The first kappa shape index (κ1) is 23.1. The molecule has 1 aromatic rings. The minimum absolute atomic E-state index is 0. The summed E-state index contributed by atoms with van der Waals surface area (Å²) in [6.07, 6.45) is 0.0785. The summed E-state index contributed by atoms with van der Waals surface area (Å²) in [7, 11) is 3.47. The van der Waals surface area contributed by atoms with Crippen molar-refractivity contribution in [2.75, 3.05) is 33.9 Å². The van der Waals surface area contributed by atoms with E-state index in [1.54, 1.807) is 14.2 Å². The van der Waals surface area contributed by atoms with Crippen LogP contribution < -0.4 is 20.1 Å². The zero-order valence-corrected chi connectivity index (χ0v) is 19.1. The molecule has 0 bridgehead atoms. The molecule has 0 aliphatic carbocycles. The van der Waals surface area contributed by atoms with Crippen molar-refractivity contribution in [2.45, 2.75) is 33.4 Å². The van der Waals surface area contributed by atoms with Gasteiger partial charge in [-0.15, -0.1) is 24.0 Å². The Labute approximate surface area is 178 Å². The molecule has 1 atom stereocenters. The molecular weight excluding hydrogens is 469 g/mol. The van der Waals surface area contributed by atoms with Gasteiger partial charge in [0.1, 0.15) is 13.2 Å². The maximum atomic E-state index is 6.27. The van der Waals surface area contributed by atoms with Gasteiger partial charge in [-0.3, -0.25) is 4.99 Å². The van der Waals surface area contributed by atoms with Gasteiger partial charge in [0.2, 0.25) is 0 Å². The van der Waals surface area contributed by atoms with Gasteiger partial charge in [0.05, 0.1) is 11.1 Å². The van der Waals surface area contributed by atoms with Crippen LogP contribution in [-0.4, -0.2) is 46.0 Å². The van der Waals surface area contributed by atoms with E-state index in [1.807, 2.05) is 12.1 Å². The average Bonchev–Trinajstić information content (AvgIpc) is 2.57. The molecule has 0 spiro atoms. The molecule has 0 fully saturated rings. The van der Waals surface area contributed by atoms with Crippen molar-refractivity contribution in [2.24, 2.45) is 10.4 Å². The third kappa shape index (κ3) is 6.35. The zero-order valence-electron chi connectivity index (χ0n) is 16.0. The van der Waals surface area contributed by atoms with Gasteiger partial charge in [0.15, 0.2) is 17.5 Å². The van der Waals surface area contributed by atoms with Crippen molar-refractivity contribution in [3.05, 3.63) is 22.7 Å². The van der Waals surface area contributed by atoms with Crippen LogP contribution in [0.5, 0.6) is 11.5 Å². The van der Waals surface area contributed by atoms with E-state index >= 15 is 0 Å². The third-order valence-electron chi connectivity index (χ3n) is 4.05. The molecule has 2 rings (SSSR count). The van der Waals surface area contributed by atoms with Gasteiger partial charge in [0, 0.05) is 27.2 Å². The van der Waals surface area contributed by atoms with Crippen LogP contribution in [0.3, 0.4) is 0 Å². The number of aliphatic imine (C=N–C) groups is 1. The lowest BCUT2D eigenvalue weighted by Crippen LogP contribution is -2.45. The van der Waals surface area contributed by atoms with Gasteiger partial charge < -0.3 is 24.8 Å². The van der Waals surface area contributed by atoms with Crippen molar-refractivity contribution in [1.29, 1.82) is 0 Å². The van der Waals surface area contributed by atoms with Crippen LogP contribution in [-0.2, 0) is 11.3 Å². The number of fused-ring (bicyclic) bond motifs is 1. The lowest BCUT2D eigenvalue weighted by atomic mass is 9.89. The Morgan fingerprint density at radius 1 is 1.27 bits per heavy atom. The van der Waals surface area contributed by atoms with E-state index in [2.05, 4.69) is 36.4 Å². The van der Waals surface area contributed by atoms with Crippen LogP contribution in [0.1, 0.15) is 26.3 Å². The van der Waals surface area contributed by atoms with Crippen molar-refractivity contribution >= 4 is 41.5 Å². The quantitative estimate of drug-likeness (QED) is 0.371. The van der Waals surface area contributed by atoms with E-state index in [-0.39, 0.29) is 35.5 Å². The number of halogens is 2. The molecule has 1 aliphatic rings. The highest BCUT2D eigenvalue weighted by molar-refractivity contribution is 14.0. The molecule has 6 nitrogen and oxygen atoms in total. The first-order chi connectivity index (χ1) is 11.8. The van der Waals surface area contributed by atoms with E-state index in [1.165, 1.54) is 0 Å². The molecule has 2 N–H and O–H groups in total. The zero-order chi connectivity index (χ0) is 18.4. The van der Waals surface area contributed by atoms with E-state index < -0.39 is 0 Å². The molecule has 8 heteroatoms. The molecule has 1 aromatic carbocycles. The molecule has 1 heterocycles. The lowest BCUT2D eigenvalue weighted by Gasteiger charge is -2.30. The Hall–Kier alpha value is -0.930.